The zero-order chi connectivity index (χ0) is 16.2. The number of benzene rings is 1. The molecule has 2 heterocycles. The van der Waals surface area contributed by atoms with E-state index in [1.54, 1.807) is 5.38 Å². The molecule has 3 aromatic rings. The molecular formula is C16H16N4OS2. The highest BCUT2D eigenvalue weighted by molar-refractivity contribution is 7.16. The molecular weight excluding hydrogens is 328 g/mol. The zero-order valence-corrected chi connectivity index (χ0v) is 14.4. The van der Waals surface area contributed by atoms with Crippen LogP contribution in [0.1, 0.15) is 26.6 Å². The van der Waals surface area contributed by atoms with Gasteiger partial charge in [-0.2, -0.15) is 0 Å². The van der Waals surface area contributed by atoms with Crippen LogP contribution < -0.4 is 10.6 Å². The maximum atomic E-state index is 12.2. The molecule has 0 aliphatic heterocycles. The highest BCUT2D eigenvalue weighted by Crippen LogP contribution is 2.22. The standard InChI is InChI=1S/C16H16N4OS2/c1-10-11(2)23-16(18-10)20-14(21)13-9-22-15(19-13)17-8-12-6-4-3-5-7-12/h3-7,9H,8H2,1-2H3,(H,17,19)(H,18,20,21). The molecule has 3 rings (SSSR count). The van der Waals surface area contributed by atoms with Gasteiger partial charge in [-0.15, -0.1) is 22.7 Å². The fourth-order valence-corrected chi connectivity index (χ4v) is 3.42. The summed E-state index contributed by atoms with van der Waals surface area (Å²) in [7, 11) is 0. The second-order valence-electron chi connectivity index (χ2n) is 4.99. The topological polar surface area (TPSA) is 66.9 Å². The largest absolute Gasteiger partial charge is 0.357 e. The predicted octanol–water partition coefficient (Wildman–Crippen LogP) is 4.08. The van der Waals surface area contributed by atoms with Gasteiger partial charge in [0, 0.05) is 16.8 Å². The molecule has 2 N–H and O–H groups in total. The molecule has 1 aromatic carbocycles. The summed E-state index contributed by atoms with van der Waals surface area (Å²) < 4.78 is 0. The van der Waals surface area contributed by atoms with Crippen LogP contribution in [0.4, 0.5) is 10.3 Å². The third-order valence-corrected chi connectivity index (χ3v) is 5.06. The number of nitrogens with zero attached hydrogens (tertiary/aromatic N) is 2. The summed E-state index contributed by atoms with van der Waals surface area (Å²) in [4.78, 5) is 21.9. The highest BCUT2D eigenvalue weighted by Gasteiger charge is 2.13. The molecule has 0 fully saturated rings. The van der Waals surface area contributed by atoms with Crippen LogP contribution >= 0.6 is 22.7 Å². The van der Waals surface area contributed by atoms with Crippen molar-refractivity contribution in [3.63, 3.8) is 0 Å². The van der Waals surface area contributed by atoms with Crippen LogP contribution in [0.15, 0.2) is 35.7 Å². The molecule has 5 nitrogen and oxygen atoms in total. The van der Waals surface area contributed by atoms with Crippen molar-refractivity contribution in [1.29, 1.82) is 0 Å². The molecule has 118 valence electrons. The van der Waals surface area contributed by atoms with Crippen LogP contribution in [-0.4, -0.2) is 15.9 Å². The van der Waals surface area contributed by atoms with Crippen LogP contribution in [0.2, 0.25) is 0 Å². The van der Waals surface area contributed by atoms with E-state index in [1.165, 1.54) is 28.2 Å². The summed E-state index contributed by atoms with van der Waals surface area (Å²) in [6, 6.07) is 10.1. The number of nitrogens with one attached hydrogen (secondary N) is 2. The first kappa shape index (κ1) is 15.6. The van der Waals surface area contributed by atoms with E-state index in [2.05, 4.69) is 20.6 Å². The number of carbonyl (C=O) groups is 1. The Balaban J connectivity index is 1.61. The predicted molar refractivity (Wildman–Crippen MR) is 95.4 cm³/mol. The first-order chi connectivity index (χ1) is 11.1. The van der Waals surface area contributed by atoms with Crippen molar-refractivity contribution in [2.45, 2.75) is 20.4 Å². The molecule has 1 amide bonds. The molecule has 2 aromatic heterocycles. The van der Waals surface area contributed by atoms with Gasteiger partial charge in [-0.05, 0) is 19.4 Å². The Hall–Kier alpha value is -2.25. The van der Waals surface area contributed by atoms with E-state index in [-0.39, 0.29) is 5.91 Å². The van der Waals surface area contributed by atoms with Gasteiger partial charge in [0.05, 0.1) is 5.69 Å². The van der Waals surface area contributed by atoms with Crippen LogP contribution in [0.3, 0.4) is 0 Å². The van der Waals surface area contributed by atoms with Gasteiger partial charge in [0.2, 0.25) is 0 Å². The molecule has 0 spiro atoms. The SMILES string of the molecule is Cc1nc(NC(=O)c2csc(NCc3ccccc3)n2)sc1C. The van der Waals surface area contributed by atoms with E-state index >= 15 is 0 Å². The number of thiazole rings is 2. The Kier molecular flexibility index (Phi) is 4.68. The molecule has 23 heavy (non-hydrogen) atoms. The number of hydrogen-bond acceptors (Lipinski definition) is 6. The van der Waals surface area contributed by atoms with Gasteiger partial charge in [-0.1, -0.05) is 30.3 Å². The Morgan fingerprint density at radius 1 is 1.13 bits per heavy atom. The molecule has 0 radical (unpaired) electrons. The van der Waals surface area contributed by atoms with Crippen molar-refractivity contribution >= 4 is 38.8 Å². The first-order valence-corrected chi connectivity index (χ1v) is 8.80. The minimum Gasteiger partial charge on any atom is -0.357 e. The number of amides is 1. The lowest BCUT2D eigenvalue weighted by molar-refractivity contribution is 0.102. The van der Waals surface area contributed by atoms with E-state index in [0.29, 0.717) is 17.4 Å². The summed E-state index contributed by atoms with van der Waals surface area (Å²) in [5.74, 6) is -0.234. The lowest BCUT2D eigenvalue weighted by Gasteiger charge is -2.02. The van der Waals surface area contributed by atoms with Gasteiger partial charge in [0.15, 0.2) is 10.3 Å². The van der Waals surface area contributed by atoms with Gasteiger partial charge in [-0.25, -0.2) is 9.97 Å². The van der Waals surface area contributed by atoms with Crippen LogP contribution in [-0.2, 0) is 6.54 Å². The van der Waals surface area contributed by atoms with Crippen molar-refractivity contribution in [3.8, 4) is 0 Å². The minimum absolute atomic E-state index is 0.234. The third kappa shape index (κ3) is 3.94. The molecule has 0 atom stereocenters. The first-order valence-electron chi connectivity index (χ1n) is 7.10. The molecule has 0 unspecified atom stereocenters. The molecule has 0 aliphatic rings. The van der Waals surface area contributed by atoms with E-state index in [1.807, 2.05) is 44.2 Å². The number of rotatable bonds is 5. The lowest BCUT2D eigenvalue weighted by Crippen LogP contribution is -2.12. The van der Waals surface area contributed by atoms with Crippen LogP contribution in [0.5, 0.6) is 0 Å². The zero-order valence-electron chi connectivity index (χ0n) is 12.8. The fraction of sp³-hybridized carbons (Fsp3) is 0.188. The lowest BCUT2D eigenvalue weighted by atomic mass is 10.2. The molecule has 7 heteroatoms. The number of carbonyl (C=O) groups excluding carboxylic acids is 1. The van der Waals surface area contributed by atoms with E-state index < -0.39 is 0 Å². The van der Waals surface area contributed by atoms with Gasteiger partial charge in [0.25, 0.3) is 5.91 Å². The second-order valence-corrected chi connectivity index (χ2v) is 7.05. The van der Waals surface area contributed by atoms with Crippen molar-refractivity contribution in [1.82, 2.24) is 9.97 Å². The smallest absolute Gasteiger partial charge is 0.276 e. The number of aromatic nitrogens is 2. The minimum atomic E-state index is -0.234. The normalized spacial score (nSPS) is 10.5. The monoisotopic (exact) mass is 344 g/mol. The summed E-state index contributed by atoms with van der Waals surface area (Å²) in [5.41, 5.74) is 2.51. The van der Waals surface area contributed by atoms with Crippen molar-refractivity contribution in [3.05, 3.63) is 57.5 Å². The van der Waals surface area contributed by atoms with Gasteiger partial charge in [-0.3, -0.25) is 10.1 Å². The van der Waals surface area contributed by atoms with Gasteiger partial charge in [0.1, 0.15) is 5.69 Å². The number of aryl methyl sites for hydroxylation is 2. The summed E-state index contributed by atoms with van der Waals surface area (Å²) in [5, 5.41) is 9.10. The van der Waals surface area contributed by atoms with Crippen molar-refractivity contribution in [2.24, 2.45) is 0 Å². The van der Waals surface area contributed by atoms with Gasteiger partial charge >= 0.3 is 0 Å². The number of anilines is 2. The van der Waals surface area contributed by atoms with E-state index in [0.717, 1.165) is 15.7 Å². The Morgan fingerprint density at radius 2 is 1.91 bits per heavy atom. The third-order valence-electron chi connectivity index (χ3n) is 3.27. The summed E-state index contributed by atoms with van der Waals surface area (Å²) in [6.45, 7) is 4.59. The average Bonchev–Trinajstić information content (AvgIpc) is 3.14. The quantitative estimate of drug-likeness (QED) is 0.732. The maximum Gasteiger partial charge on any atom is 0.276 e. The van der Waals surface area contributed by atoms with Crippen molar-refractivity contribution in [2.75, 3.05) is 10.6 Å². The van der Waals surface area contributed by atoms with Gasteiger partial charge < -0.3 is 5.32 Å². The maximum absolute atomic E-state index is 12.2. The molecule has 0 bridgehead atoms. The van der Waals surface area contributed by atoms with E-state index in [9.17, 15) is 4.79 Å². The second kappa shape index (κ2) is 6.89. The molecule has 0 saturated heterocycles. The van der Waals surface area contributed by atoms with Crippen LogP contribution in [0.25, 0.3) is 0 Å². The fourth-order valence-electron chi connectivity index (χ4n) is 1.92. The Labute approximate surface area is 142 Å². The summed E-state index contributed by atoms with van der Waals surface area (Å²) >= 11 is 2.88. The Morgan fingerprint density at radius 3 is 2.61 bits per heavy atom. The summed E-state index contributed by atoms with van der Waals surface area (Å²) in [6.07, 6.45) is 0. The number of hydrogen-bond donors (Lipinski definition) is 2. The highest BCUT2D eigenvalue weighted by atomic mass is 32.1. The van der Waals surface area contributed by atoms with Crippen molar-refractivity contribution < 1.29 is 4.79 Å². The van der Waals surface area contributed by atoms with E-state index in [4.69, 9.17) is 0 Å². The average molecular weight is 344 g/mol. The molecule has 0 aliphatic carbocycles. The Bertz CT molecular complexity index is 791. The molecule has 0 saturated carbocycles. The van der Waals surface area contributed by atoms with Crippen LogP contribution in [0, 0.1) is 13.8 Å².